The molecule has 0 fully saturated rings. The summed E-state index contributed by atoms with van der Waals surface area (Å²) in [6, 6.07) is 3.45. The van der Waals surface area contributed by atoms with Crippen LogP contribution in [0.2, 0.25) is 5.02 Å². The van der Waals surface area contributed by atoms with Crippen molar-refractivity contribution in [1.82, 2.24) is 0 Å². The van der Waals surface area contributed by atoms with E-state index in [-0.39, 0.29) is 6.54 Å². The summed E-state index contributed by atoms with van der Waals surface area (Å²) in [5.41, 5.74) is 1.47. The predicted octanol–water partition coefficient (Wildman–Crippen LogP) is 3.00. The van der Waals surface area contributed by atoms with E-state index in [2.05, 4.69) is 4.85 Å². The van der Waals surface area contributed by atoms with Crippen molar-refractivity contribution in [3.05, 3.63) is 39.7 Å². The van der Waals surface area contributed by atoms with E-state index in [4.69, 9.17) is 22.9 Å². The van der Waals surface area contributed by atoms with Gasteiger partial charge >= 0.3 is 0 Å². The molecule has 1 aromatic rings. The molecule has 0 saturated carbocycles. The van der Waals surface area contributed by atoms with E-state index in [1.165, 1.54) is 0 Å². The summed E-state index contributed by atoms with van der Waals surface area (Å²) in [5, 5.41) is 10.4. The van der Waals surface area contributed by atoms with Gasteiger partial charge in [-0.05, 0) is 31.5 Å². The quantitative estimate of drug-likeness (QED) is 0.820. The molecular weight excluding hydrogens is 226 g/mol. The molecule has 0 spiro atoms. The number of aliphatic hydroxyl groups excluding tert-OH is 1. The van der Waals surface area contributed by atoms with Crippen LogP contribution < -0.4 is 4.74 Å². The zero-order chi connectivity index (χ0) is 12.1. The summed E-state index contributed by atoms with van der Waals surface area (Å²) in [7, 11) is 0. The lowest BCUT2D eigenvalue weighted by Crippen LogP contribution is -2.05. The zero-order valence-electron chi connectivity index (χ0n) is 9.33. The molecule has 1 unspecified atom stereocenters. The number of hydrogen-bond donors (Lipinski definition) is 1. The van der Waals surface area contributed by atoms with Crippen LogP contribution in [0.25, 0.3) is 4.85 Å². The SMILES string of the molecule is [C-]#[N+]CC(O)c1cc(Cl)c(C)cc1OCC. The van der Waals surface area contributed by atoms with Crippen LogP contribution in [0.4, 0.5) is 0 Å². The summed E-state index contributed by atoms with van der Waals surface area (Å²) in [4.78, 5) is 3.17. The summed E-state index contributed by atoms with van der Waals surface area (Å²) < 4.78 is 5.42. The Morgan fingerprint density at radius 3 is 2.81 bits per heavy atom. The molecule has 0 aliphatic carbocycles. The smallest absolute Gasteiger partial charge is 0.244 e. The number of halogens is 1. The Morgan fingerprint density at radius 1 is 1.56 bits per heavy atom. The third kappa shape index (κ3) is 2.88. The largest absolute Gasteiger partial charge is 0.493 e. The predicted molar refractivity (Wildman–Crippen MR) is 63.8 cm³/mol. The molecule has 1 atom stereocenters. The van der Waals surface area contributed by atoms with Gasteiger partial charge < -0.3 is 14.7 Å². The highest BCUT2D eigenvalue weighted by Crippen LogP contribution is 2.31. The van der Waals surface area contributed by atoms with Gasteiger partial charge in [-0.3, -0.25) is 0 Å². The minimum absolute atomic E-state index is 0.0134. The number of nitrogens with zero attached hydrogens (tertiary/aromatic N) is 1. The van der Waals surface area contributed by atoms with Gasteiger partial charge in [0.1, 0.15) is 5.75 Å². The number of aryl methyl sites for hydroxylation is 1. The van der Waals surface area contributed by atoms with Crippen LogP contribution >= 0.6 is 11.6 Å². The zero-order valence-corrected chi connectivity index (χ0v) is 10.1. The second-order valence-electron chi connectivity index (χ2n) is 3.43. The van der Waals surface area contributed by atoms with Crippen LogP contribution in [0.1, 0.15) is 24.2 Å². The van der Waals surface area contributed by atoms with E-state index in [1.807, 2.05) is 13.8 Å². The molecule has 3 nitrogen and oxygen atoms in total. The molecule has 16 heavy (non-hydrogen) atoms. The van der Waals surface area contributed by atoms with Crippen LogP contribution in [0.3, 0.4) is 0 Å². The number of rotatable bonds is 4. The molecule has 0 bridgehead atoms. The van der Waals surface area contributed by atoms with Crippen molar-refractivity contribution in [2.75, 3.05) is 13.2 Å². The highest BCUT2D eigenvalue weighted by molar-refractivity contribution is 6.31. The molecule has 0 aromatic heterocycles. The Balaban J connectivity index is 3.14. The van der Waals surface area contributed by atoms with Gasteiger partial charge in [-0.15, -0.1) is 0 Å². The fourth-order valence-corrected chi connectivity index (χ4v) is 1.57. The average Bonchev–Trinajstić information content (AvgIpc) is 2.23. The summed E-state index contributed by atoms with van der Waals surface area (Å²) in [5.74, 6) is 0.598. The van der Waals surface area contributed by atoms with Crippen molar-refractivity contribution in [2.24, 2.45) is 0 Å². The molecule has 0 heterocycles. The Morgan fingerprint density at radius 2 is 2.25 bits per heavy atom. The Kier molecular flexibility index (Phi) is 4.60. The van der Waals surface area contributed by atoms with Crippen LogP contribution in [-0.4, -0.2) is 18.3 Å². The van der Waals surface area contributed by atoms with Gasteiger partial charge in [0.2, 0.25) is 6.54 Å². The molecule has 86 valence electrons. The van der Waals surface area contributed by atoms with E-state index in [0.717, 1.165) is 5.56 Å². The standard InChI is InChI=1S/C12H14ClNO2/c1-4-16-12-5-8(2)10(13)6-9(12)11(15)7-14-3/h5-6,11,15H,4,7H2,1-2H3. The molecule has 0 radical (unpaired) electrons. The van der Waals surface area contributed by atoms with Crippen molar-refractivity contribution in [1.29, 1.82) is 0 Å². The second-order valence-corrected chi connectivity index (χ2v) is 3.84. The van der Waals surface area contributed by atoms with E-state index in [0.29, 0.717) is 22.9 Å². The average molecular weight is 240 g/mol. The van der Waals surface area contributed by atoms with Gasteiger partial charge in [0.15, 0.2) is 6.10 Å². The Bertz CT molecular complexity index is 412. The first-order valence-corrected chi connectivity index (χ1v) is 5.42. The normalized spacial score (nSPS) is 11.9. The van der Waals surface area contributed by atoms with Gasteiger partial charge in [0, 0.05) is 10.6 Å². The lowest BCUT2D eigenvalue weighted by molar-refractivity contribution is 0.188. The highest BCUT2D eigenvalue weighted by Gasteiger charge is 2.17. The summed E-state index contributed by atoms with van der Waals surface area (Å²) in [6.45, 7) is 11.0. The molecule has 1 rings (SSSR count). The van der Waals surface area contributed by atoms with E-state index >= 15 is 0 Å². The van der Waals surface area contributed by atoms with Crippen LogP contribution in [0.5, 0.6) is 5.75 Å². The fraction of sp³-hybridized carbons (Fsp3) is 0.417. The number of benzene rings is 1. The first kappa shape index (κ1) is 12.8. The van der Waals surface area contributed by atoms with Crippen molar-refractivity contribution in [3.8, 4) is 5.75 Å². The second kappa shape index (κ2) is 5.74. The first-order chi connectivity index (χ1) is 7.60. The minimum Gasteiger partial charge on any atom is -0.493 e. The molecule has 1 N–H and O–H groups in total. The fourth-order valence-electron chi connectivity index (χ4n) is 1.40. The van der Waals surface area contributed by atoms with Crippen molar-refractivity contribution < 1.29 is 9.84 Å². The molecule has 0 aliphatic heterocycles. The minimum atomic E-state index is -0.850. The van der Waals surface area contributed by atoms with Gasteiger partial charge in [-0.2, -0.15) is 0 Å². The summed E-state index contributed by atoms with van der Waals surface area (Å²) >= 11 is 5.99. The molecular formula is C12H14ClNO2. The third-order valence-corrected chi connectivity index (χ3v) is 2.62. The van der Waals surface area contributed by atoms with Crippen LogP contribution in [0.15, 0.2) is 12.1 Å². The van der Waals surface area contributed by atoms with E-state index in [9.17, 15) is 5.11 Å². The van der Waals surface area contributed by atoms with Gasteiger partial charge in [0.25, 0.3) is 0 Å². The molecule has 0 saturated heterocycles. The highest BCUT2D eigenvalue weighted by atomic mass is 35.5. The maximum atomic E-state index is 9.79. The monoisotopic (exact) mass is 239 g/mol. The molecule has 4 heteroatoms. The lowest BCUT2D eigenvalue weighted by Gasteiger charge is -2.14. The lowest BCUT2D eigenvalue weighted by atomic mass is 10.1. The van der Waals surface area contributed by atoms with E-state index in [1.54, 1.807) is 12.1 Å². The van der Waals surface area contributed by atoms with Crippen molar-refractivity contribution >= 4 is 11.6 Å². The maximum Gasteiger partial charge on any atom is 0.244 e. The first-order valence-electron chi connectivity index (χ1n) is 5.04. The Labute approximate surface area is 100 Å². The van der Waals surface area contributed by atoms with Crippen molar-refractivity contribution in [3.63, 3.8) is 0 Å². The topological polar surface area (TPSA) is 33.8 Å². The van der Waals surface area contributed by atoms with Gasteiger partial charge in [-0.1, -0.05) is 11.6 Å². The summed E-state index contributed by atoms with van der Waals surface area (Å²) in [6.07, 6.45) is -0.850. The van der Waals surface area contributed by atoms with Crippen LogP contribution in [-0.2, 0) is 0 Å². The molecule has 0 aliphatic rings. The van der Waals surface area contributed by atoms with Gasteiger partial charge in [-0.25, -0.2) is 6.57 Å². The Hall–Kier alpha value is -1.24. The molecule has 0 amide bonds. The number of ether oxygens (including phenoxy) is 1. The van der Waals surface area contributed by atoms with E-state index < -0.39 is 6.10 Å². The van der Waals surface area contributed by atoms with Gasteiger partial charge in [0.05, 0.1) is 6.61 Å². The molecule has 1 aromatic carbocycles. The number of hydrogen-bond acceptors (Lipinski definition) is 2. The third-order valence-electron chi connectivity index (χ3n) is 2.21. The maximum absolute atomic E-state index is 9.79. The van der Waals surface area contributed by atoms with Crippen LogP contribution in [0, 0.1) is 13.5 Å². The number of aliphatic hydroxyl groups is 1. The van der Waals surface area contributed by atoms with Crippen molar-refractivity contribution in [2.45, 2.75) is 20.0 Å².